The van der Waals surface area contributed by atoms with Gasteiger partial charge in [-0.05, 0) is 24.4 Å². The van der Waals surface area contributed by atoms with E-state index in [-0.39, 0.29) is 18.2 Å². The molecule has 1 aliphatic heterocycles. The molecule has 0 radical (unpaired) electrons. The van der Waals surface area contributed by atoms with E-state index < -0.39 is 5.97 Å². The molecule has 5 nitrogen and oxygen atoms in total. The topological polar surface area (TPSA) is 69.6 Å². The van der Waals surface area contributed by atoms with Crippen LogP contribution in [0.2, 0.25) is 0 Å². The van der Waals surface area contributed by atoms with Gasteiger partial charge in [-0.15, -0.1) is 0 Å². The minimum Gasteiger partial charge on any atom is -0.481 e. The number of hydrogen-bond donors (Lipinski definition) is 2. The average Bonchev–Trinajstić information content (AvgIpc) is 2.84. The van der Waals surface area contributed by atoms with E-state index in [4.69, 9.17) is 5.11 Å². The van der Waals surface area contributed by atoms with E-state index in [1.165, 1.54) is 0 Å². The number of carboxylic acids is 1. The van der Waals surface area contributed by atoms with Crippen molar-refractivity contribution in [3.05, 3.63) is 35.9 Å². The summed E-state index contributed by atoms with van der Waals surface area (Å²) < 4.78 is 0. The van der Waals surface area contributed by atoms with Gasteiger partial charge in [-0.1, -0.05) is 30.3 Å². The van der Waals surface area contributed by atoms with Gasteiger partial charge in [0.05, 0.1) is 6.54 Å². The Morgan fingerprint density at radius 2 is 2.05 bits per heavy atom. The second kappa shape index (κ2) is 7.05. The third kappa shape index (κ3) is 4.66. The molecule has 0 aromatic heterocycles. The Kier molecular flexibility index (Phi) is 5.12. The van der Waals surface area contributed by atoms with Crippen molar-refractivity contribution in [1.82, 2.24) is 10.2 Å². The van der Waals surface area contributed by atoms with Crippen LogP contribution in [0.3, 0.4) is 0 Å². The number of benzene rings is 1. The van der Waals surface area contributed by atoms with E-state index >= 15 is 0 Å². The zero-order chi connectivity index (χ0) is 14.4. The highest BCUT2D eigenvalue weighted by Gasteiger charge is 2.25. The first kappa shape index (κ1) is 14.5. The molecule has 1 amide bonds. The van der Waals surface area contributed by atoms with Crippen LogP contribution in [0.25, 0.3) is 0 Å². The van der Waals surface area contributed by atoms with Crippen LogP contribution >= 0.6 is 0 Å². The Morgan fingerprint density at radius 1 is 1.30 bits per heavy atom. The number of nitrogens with one attached hydrogen (secondary N) is 1. The molecule has 108 valence electrons. The normalized spacial score (nSPS) is 18.9. The predicted molar refractivity (Wildman–Crippen MR) is 75.1 cm³/mol. The monoisotopic (exact) mass is 276 g/mol. The maximum Gasteiger partial charge on any atom is 0.303 e. The fourth-order valence-electron chi connectivity index (χ4n) is 2.53. The lowest BCUT2D eigenvalue weighted by molar-refractivity contribution is -0.138. The summed E-state index contributed by atoms with van der Waals surface area (Å²) in [6.07, 6.45) is 1.06. The summed E-state index contributed by atoms with van der Waals surface area (Å²) in [4.78, 5) is 24.5. The molecular weight excluding hydrogens is 256 g/mol. The number of carbonyl (C=O) groups excluding carboxylic acids is 1. The van der Waals surface area contributed by atoms with Crippen LogP contribution in [0, 0.1) is 5.92 Å². The van der Waals surface area contributed by atoms with Crippen LogP contribution in [-0.4, -0.2) is 41.5 Å². The number of likely N-dealkylation sites (tertiary alicyclic amines) is 1. The molecule has 5 heteroatoms. The van der Waals surface area contributed by atoms with Gasteiger partial charge >= 0.3 is 5.97 Å². The molecule has 0 bridgehead atoms. The molecule has 1 atom stereocenters. The van der Waals surface area contributed by atoms with Crippen molar-refractivity contribution in [3.63, 3.8) is 0 Å². The number of amides is 1. The Balaban J connectivity index is 1.69. The lowest BCUT2D eigenvalue weighted by Gasteiger charge is -2.15. The molecule has 0 aliphatic carbocycles. The van der Waals surface area contributed by atoms with Crippen LogP contribution in [0.1, 0.15) is 18.4 Å². The minimum absolute atomic E-state index is 0.00942. The molecule has 0 saturated carbocycles. The second-order valence-electron chi connectivity index (χ2n) is 5.25. The molecule has 2 N–H and O–H groups in total. The quantitative estimate of drug-likeness (QED) is 0.816. The van der Waals surface area contributed by atoms with Crippen molar-refractivity contribution in [2.45, 2.75) is 19.4 Å². The van der Waals surface area contributed by atoms with Crippen molar-refractivity contribution in [1.29, 1.82) is 0 Å². The van der Waals surface area contributed by atoms with E-state index in [1.807, 2.05) is 35.2 Å². The lowest BCUT2D eigenvalue weighted by Crippen LogP contribution is -2.35. The number of carboxylic acid groups (broad SMARTS) is 1. The van der Waals surface area contributed by atoms with Crippen molar-refractivity contribution < 1.29 is 14.7 Å². The fraction of sp³-hybridized carbons (Fsp3) is 0.467. The van der Waals surface area contributed by atoms with Crippen molar-refractivity contribution >= 4 is 11.9 Å². The van der Waals surface area contributed by atoms with Gasteiger partial charge in [-0.2, -0.15) is 0 Å². The van der Waals surface area contributed by atoms with Gasteiger partial charge in [0.25, 0.3) is 0 Å². The van der Waals surface area contributed by atoms with Crippen molar-refractivity contribution in [2.24, 2.45) is 5.92 Å². The number of rotatable bonds is 6. The standard InChI is InChI=1S/C15H20N2O3/c18-14(16-9-12-4-2-1-3-5-12)11-17-7-6-13(10-17)8-15(19)20/h1-5,13H,6-11H2,(H,16,18)(H,19,20). The number of nitrogens with zero attached hydrogens (tertiary/aromatic N) is 1. The first-order valence-corrected chi connectivity index (χ1v) is 6.88. The maximum absolute atomic E-state index is 11.8. The van der Waals surface area contributed by atoms with Crippen LogP contribution in [0.15, 0.2) is 30.3 Å². The summed E-state index contributed by atoms with van der Waals surface area (Å²) >= 11 is 0. The zero-order valence-corrected chi connectivity index (χ0v) is 11.4. The van der Waals surface area contributed by atoms with Crippen molar-refractivity contribution in [3.8, 4) is 0 Å². The van der Waals surface area contributed by atoms with Crippen LogP contribution < -0.4 is 5.32 Å². The van der Waals surface area contributed by atoms with Crippen LogP contribution in [0.4, 0.5) is 0 Å². The highest BCUT2D eigenvalue weighted by molar-refractivity contribution is 5.78. The fourth-order valence-corrected chi connectivity index (χ4v) is 2.53. The summed E-state index contributed by atoms with van der Waals surface area (Å²) in [5.41, 5.74) is 1.08. The maximum atomic E-state index is 11.8. The smallest absolute Gasteiger partial charge is 0.303 e. The number of carbonyl (C=O) groups is 2. The molecule has 1 heterocycles. The highest BCUT2D eigenvalue weighted by atomic mass is 16.4. The summed E-state index contributed by atoms with van der Waals surface area (Å²) in [6, 6.07) is 9.77. The Hall–Kier alpha value is -1.88. The van der Waals surface area contributed by atoms with E-state index in [0.29, 0.717) is 19.6 Å². The van der Waals surface area contributed by atoms with Crippen molar-refractivity contribution in [2.75, 3.05) is 19.6 Å². The van der Waals surface area contributed by atoms with Crippen LogP contribution in [0.5, 0.6) is 0 Å². The van der Waals surface area contributed by atoms with Gasteiger partial charge in [-0.3, -0.25) is 14.5 Å². The third-order valence-corrected chi connectivity index (χ3v) is 3.53. The zero-order valence-electron chi connectivity index (χ0n) is 11.4. The van der Waals surface area contributed by atoms with Gasteiger partial charge in [0.15, 0.2) is 0 Å². The Bertz CT molecular complexity index is 461. The van der Waals surface area contributed by atoms with Gasteiger partial charge in [0.1, 0.15) is 0 Å². The first-order valence-electron chi connectivity index (χ1n) is 6.88. The molecule has 1 aromatic carbocycles. The first-order chi connectivity index (χ1) is 9.63. The molecule has 20 heavy (non-hydrogen) atoms. The number of aliphatic carboxylic acids is 1. The third-order valence-electron chi connectivity index (χ3n) is 3.53. The minimum atomic E-state index is -0.759. The molecule has 1 aliphatic rings. The molecule has 1 saturated heterocycles. The predicted octanol–water partition coefficient (Wildman–Crippen LogP) is 1.10. The highest BCUT2D eigenvalue weighted by Crippen LogP contribution is 2.18. The second-order valence-corrected chi connectivity index (χ2v) is 5.25. The molecule has 1 unspecified atom stereocenters. The van der Waals surface area contributed by atoms with E-state index in [2.05, 4.69) is 5.32 Å². The Labute approximate surface area is 118 Å². The SMILES string of the molecule is O=C(O)CC1CCN(CC(=O)NCc2ccccc2)C1. The van der Waals surface area contributed by atoms with E-state index in [1.54, 1.807) is 0 Å². The molecule has 0 spiro atoms. The van der Waals surface area contributed by atoms with Gasteiger partial charge in [-0.25, -0.2) is 0 Å². The summed E-state index contributed by atoms with van der Waals surface area (Å²) in [5.74, 6) is -0.593. The summed E-state index contributed by atoms with van der Waals surface area (Å²) in [7, 11) is 0. The molecular formula is C15H20N2O3. The summed E-state index contributed by atoms with van der Waals surface area (Å²) in [6.45, 7) is 2.39. The van der Waals surface area contributed by atoms with Gasteiger partial charge in [0.2, 0.25) is 5.91 Å². The largest absolute Gasteiger partial charge is 0.481 e. The molecule has 1 fully saturated rings. The average molecular weight is 276 g/mol. The van der Waals surface area contributed by atoms with E-state index in [0.717, 1.165) is 18.5 Å². The molecule has 1 aromatic rings. The number of hydrogen-bond acceptors (Lipinski definition) is 3. The summed E-state index contributed by atoms with van der Waals surface area (Å²) in [5, 5.41) is 11.6. The Morgan fingerprint density at radius 3 is 2.75 bits per heavy atom. The molecule has 2 rings (SSSR count). The lowest BCUT2D eigenvalue weighted by atomic mass is 10.1. The van der Waals surface area contributed by atoms with Gasteiger partial charge < -0.3 is 10.4 Å². The van der Waals surface area contributed by atoms with Crippen LogP contribution in [-0.2, 0) is 16.1 Å². The van der Waals surface area contributed by atoms with Gasteiger partial charge in [0, 0.05) is 19.5 Å². The van der Waals surface area contributed by atoms with E-state index in [9.17, 15) is 9.59 Å².